The van der Waals surface area contributed by atoms with Gasteiger partial charge in [-0.25, -0.2) is 0 Å². The molecule has 0 aliphatic rings. The standard InChI is InChI=1S/C12H17Cl2NOS/c1-9(15)5-2-3-8-17(16)12-10(13)6-4-7-11(12)14/h4,6-7,9H,2-3,5,8,15H2,1H3. The summed E-state index contributed by atoms with van der Waals surface area (Å²) in [5.41, 5.74) is 5.65. The lowest BCUT2D eigenvalue weighted by Gasteiger charge is -2.07. The first-order valence-corrected chi connectivity index (χ1v) is 7.68. The van der Waals surface area contributed by atoms with Crippen LogP contribution >= 0.6 is 23.2 Å². The van der Waals surface area contributed by atoms with Crippen molar-refractivity contribution >= 4 is 34.0 Å². The number of benzene rings is 1. The molecule has 1 rings (SSSR count). The first-order valence-electron chi connectivity index (χ1n) is 5.60. The smallest absolute Gasteiger partial charge is 0.0760 e. The molecule has 1 aromatic rings. The molecule has 0 spiro atoms. The highest BCUT2D eigenvalue weighted by Crippen LogP contribution is 2.28. The molecule has 0 saturated heterocycles. The molecule has 0 heterocycles. The number of hydrogen-bond acceptors (Lipinski definition) is 2. The van der Waals surface area contributed by atoms with Gasteiger partial charge in [-0.3, -0.25) is 4.21 Å². The van der Waals surface area contributed by atoms with Gasteiger partial charge in [0.25, 0.3) is 0 Å². The number of rotatable bonds is 6. The Hall–Kier alpha value is -0.0900. The molecule has 5 heteroatoms. The second kappa shape index (κ2) is 7.37. The van der Waals surface area contributed by atoms with Gasteiger partial charge < -0.3 is 5.73 Å². The molecular formula is C12H17Cl2NOS. The fourth-order valence-corrected chi connectivity index (χ4v) is 3.66. The van der Waals surface area contributed by atoms with E-state index in [2.05, 4.69) is 0 Å². The van der Waals surface area contributed by atoms with Crippen molar-refractivity contribution in [3.05, 3.63) is 28.2 Å². The Labute approximate surface area is 115 Å². The van der Waals surface area contributed by atoms with Crippen LogP contribution in [0.2, 0.25) is 10.0 Å². The van der Waals surface area contributed by atoms with Crippen LogP contribution in [0.15, 0.2) is 23.1 Å². The van der Waals surface area contributed by atoms with Crippen molar-refractivity contribution < 1.29 is 4.21 Å². The minimum absolute atomic E-state index is 0.201. The third-order valence-electron chi connectivity index (χ3n) is 2.39. The summed E-state index contributed by atoms with van der Waals surface area (Å²) in [7, 11) is -1.13. The van der Waals surface area contributed by atoms with Crippen molar-refractivity contribution in [1.29, 1.82) is 0 Å². The summed E-state index contributed by atoms with van der Waals surface area (Å²) in [5.74, 6) is 0.580. The molecular weight excluding hydrogens is 277 g/mol. The van der Waals surface area contributed by atoms with E-state index in [-0.39, 0.29) is 6.04 Å². The second-order valence-electron chi connectivity index (χ2n) is 4.07. The topological polar surface area (TPSA) is 43.1 Å². The molecule has 96 valence electrons. The summed E-state index contributed by atoms with van der Waals surface area (Å²) in [6, 6.07) is 5.37. The highest BCUT2D eigenvalue weighted by atomic mass is 35.5. The predicted octanol–water partition coefficient (Wildman–Crippen LogP) is 3.62. The molecule has 17 heavy (non-hydrogen) atoms. The van der Waals surface area contributed by atoms with Gasteiger partial charge in [0.05, 0.1) is 25.7 Å². The van der Waals surface area contributed by atoms with Crippen molar-refractivity contribution in [3.8, 4) is 0 Å². The van der Waals surface area contributed by atoms with E-state index >= 15 is 0 Å². The monoisotopic (exact) mass is 293 g/mol. The van der Waals surface area contributed by atoms with Crippen LogP contribution in [-0.4, -0.2) is 16.0 Å². The van der Waals surface area contributed by atoms with Gasteiger partial charge in [-0.2, -0.15) is 0 Å². The van der Waals surface area contributed by atoms with Gasteiger partial charge in [-0.15, -0.1) is 0 Å². The van der Waals surface area contributed by atoms with E-state index in [0.29, 0.717) is 20.7 Å². The minimum Gasteiger partial charge on any atom is -0.328 e. The Balaban J connectivity index is 2.53. The van der Waals surface area contributed by atoms with Crippen LogP contribution in [0.5, 0.6) is 0 Å². The SMILES string of the molecule is CC(N)CCCCS(=O)c1c(Cl)cccc1Cl. The van der Waals surface area contributed by atoms with Crippen molar-refractivity contribution in [2.24, 2.45) is 5.73 Å². The molecule has 0 bridgehead atoms. The summed E-state index contributed by atoms with van der Waals surface area (Å²) in [6.07, 6.45) is 2.80. The molecule has 1 aromatic carbocycles. The largest absolute Gasteiger partial charge is 0.328 e. The maximum Gasteiger partial charge on any atom is 0.0760 e. The molecule has 2 atom stereocenters. The summed E-state index contributed by atoms with van der Waals surface area (Å²) in [6.45, 7) is 1.97. The zero-order valence-electron chi connectivity index (χ0n) is 9.79. The average molecular weight is 294 g/mol. The Morgan fingerprint density at radius 2 is 1.88 bits per heavy atom. The van der Waals surface area contributed by atoms with Gasteiger partial charge in [0.1, 0.15) is 0 Å². The lowest BCUT2D eigenvalue weighted by molar-refractivity contribution is 0.613. The van der Waals surface area contributed by atoms with E-state index in [1.807, 2.05) is 6.92 Å². The summed E-state index contributed by atoms with van der Waals surface area (Å²) in [4.78, 5) is 0.552. The zero-order valence-corrected chi connectivity index (χ0v) is 12.1. The molecule has 0 amide bonds. The van der Waals surface area contributed by atoms with Gasteiger partial charge in [0.15, 0.2) is 0 Å². The first kappa shape index (κ1) is 15.0. The molecule has 0 aliphatic carbocycles. The van der Waals surface area contributed by atoms with Crippen LogP contribution in [0.3, 0.4) is 0 Å². The van der Waals surface area contributed by atoms with Gasteiger partial charge in [0.2, 0.25) is 0 Å². The fourth-order valence-electron chi connectivity index (χ4n) is 1.50. The number of nitrogens with two attached hydrogens (primary N) is 1. The summed E-state index contributed by atoms with van der Waals surface area (Å²) < 4.78 is 12.0. The predicted molar refractivity (Wildman–Crippen MR) is 75.2 cm³/mol. The molecule has 2 N–H and O–H groups in total. The van der Waals surface area contributed by atoms with E-state index in [1.165, 1.54) is 0 Å². The van der Waals surface area contributed by atoms with E-state index in [9.17, 15) is 4.21 Å². The Bertz CT molecular complexity index is 376. The quantitative estimate of drug-likeness (QED) is 0.814. The zero-order chi connectivity index (χ0) is 12.8. The van der Waals surface area contributed by atoms with Crippen LogP contribution in [-0.2, 0) is 10.8 Å². The average Bonchev–Trinajstić information content (AvgIpc) is 2.24. The maximum absolute atomic E-state index is 12.0. The third kappa shape index (κ3) is 4.96. The van der Waals surface area contributed by atoms with Crippen LogP contribution in [0.25, 0.3) is 0 Å². The lowest BCUT2D eigenvalue weighted by Crippen LogP contribution is -2.14. The van der Waals surface area contributed by atoms with E-state index in [1.54, 1.807) is 18.2 Å². The summed E-state index contributed by atoms with van der Waals surface area (Å²) >= 11 is 12.0. The maximum atomic E-state index is 12.0. The van der Waals surface area contributed by atoms with Crippen LogP contribution in [0.4, 0.5) is 0 Å². The lowest BCUT2D eigenvalue weighted by atomic mass is 10.2. The highest BCUT2D eigenvalue weighted by Gasteiger charge is 2.12. The minimum atomic E-state index is -1.13. The van der Waals surface area contributed by atoms with E-state index < -0.39 is 10.8 Å². The molecule has 2 nitrogen and oxygen atoms in total. The Morgan fingerprint density at radius 1 is 1.29 bits per heavy atom. The normalized spacial score (nSPS) is 14.6. The Kier molecular flexibility index (Phi) is 6.49. The van der Waals surface area contributed by atoms with Crippen molar-refractivity contribution in [1.82, 2.24) is 0 Å². The van der Waals surface area contributed by atoms with E-state index in [0.717, 1.165) is 19.3 Å². The Morgan fingerprint density at radius 3 is 2.41 bits per heavy atom. The first-order chi connectivity index (χ1) is 8.02. The van der Waals surface area contributed by atoms with Gasteiger partial charge in [0, 0.05) is 11.8 Å². The van der Waals surface area contributed by atoms with Gasteiger partial charge in [-0.1, -0.05) is 35.7 Å². The molecule has 0 aliphatic heterocycles. The highest BCUT2D eigenvalue weighted by molar-refractivity contribution is 7.85. The second-order valence-corrected chi connectivity index (χ2v) is 6.40. The van der Waals surface area contributed by atoms with Gasteiger partial charge >= 0.3 is 0 Å². The number of hydrogen-bond donors (Lipinski definition) is 1. The van der Waals surface area contributed by atoms with E-state index in [4.69, 9.17) is 28.9 Å². The van der Waals surface area contributed by atoms with Crippen LogP contribution in [0.1, 0.15) is 26.2 Å². The van der Waals surface area contributed by atoms with Crippen molar-refractivity contribution in [3.63, 3.8) is 0 Å². The third-order valence-corrected chi connectivity index (χ3v) is 4.79. The molecule has 0 aromatic heterocycles. The fraction of sp³-hybridized carbons (Fsp3) is 0.500. The number of halogens is 2. The van der Waals surface area contributed by atoms with Crippen molar-refractivity contribution in [2.75, 3.05) is 5.75 Å². The van der Waals surface area contributed by atoms with Crippen molar-refractivity contribution in [2.45, 2.75) is 37.1 Å². The van der Waals surface area contributed by atoms with Crippen LogP contribution in [0, 0.1) is 0 Å². The van der Waals surface area contributed by atoms with Crippen LogP contribution < -0.4 is 5.73 Å². The molecule has 0 saturated carbocycles. The van der Waals surface area contributed by atoms with Gasteiger partial charge in [-0.05, 0) is 31.9 Å². The molecule has 0 fully saturated rings. The number of unbranched alkanes of at least 4 members (excludes halogenated alkanes) is 1. The summed E-state index contributed by atoms with van der Waals surface area (Å²) in [5, 5.41) is 0.950. The molecule has 2 unspecified atom stereocenters. The molecule has 0 radical (unpaired) electrons.